The number of carbonyl (C=O) groups is 1. The number of alkyl halides is 4. The van der Waals surface area contributed by atoms with Crippen LogP contribution in [0, 0.1) is 0 Å². The molecule has 0 atom stereocenters. The molecule has 4 nitrogen and oxygen atoms in total. The predicted octanol–water partition coefficient (Wildman–Crippen LogP) is 3.75. The van der Waals surface area contributed by atoms with Crippen LogP contribution < -0.4 is 4.74 Å². The number of ether oxygens (including phenoxy) is 1. The fourth-order valence-corrected chi connectivity index (χ4v) is 2.12. The highest BCUT2D eigenvalue weighted by Crippen LogP contribution is 2.35. The number of hydrogen-bond donors (Lipinski definition) is 0. The van der Waals surface area contributed by atoms with Gasteiger partial charge < -0.3 is 9.30 Å². The molecule has 8 heteroatoms. The van der Waals surface area contributed by atoms with Gasteiger partial charge >= 0.3 is 6.18 Å². The Morgan fingerprint density at radius 1 is 1.35 bits per heavy atom. The number of nitrogens with zero attached hydrogens (tertiary/aromatic N) is 2. The average molecular weight is 330 g/mol. The molecule has 1 aromatic carbocycles. The lowest BCUT2D eigenvalue weighted by Crippen LogP contribution is -2.05. The number of aromatic nitrogens is 2. The largest absolute Gasteiger partial charge is 0.496 e. The van der Waals surface area contributed by atoms with Gasteiger partial charge in [0.1, 0.15) is 18.2 Å². The summed E-state index contributed by atoms with van der Waals surface area (Å²) in [4.78, 5) is 15.0. The first-order chi connectivity index (χ1) is 10.8. The van der Waals surface area contributed by atoms with E-state index < -0.39 is 18.5 Å². The lowest BCUT2D eigenvalue weighted by atomic mass is 10.1. The molecule has 0 unspecified atom stereocenters. The Hall–Kier alpha value is -2.38. The van der Waals surface area contributed by atoms with E-state index in [0.29, 0.717) is 5.56 Å². The van der Waals surface area contributed by atoms with Gasteiger partial charge in [0, 0.05) is 11.8 Å². The van der Waals surface area contributed by atoms with Crippen molar-refractivity contribution >= 4 is 5.78 Å². The number of benzene rings is 1. The minimum Gasteiger partial charge on any atom is -0.496 e. The average Bonchev–Trinajstić information content (AvgIpc) is 2.91. The molecule has 0 aliphatic heterocycles. The smallest absolute Gasteiger partial charge is 0.434 e. The molecule has 23 heavy (non-hydrogen) atoms. The van der Waals surface area contributed by atoms with Crippen LogP contribution in [0.2, 0.25) is 0 Å². The molecule has 0 aliphatic rings. The lowest BCUT2D eigenvalue weighted by Gasteiger charge is -2.11. The van der Waals surface area contributed by atoms with Gasteiger partial charge in [0.05, 0.1) is 19.2 Å². The summed E-state index contributed by atoms with van der Waals surface area (Å²) in [5.74, 6) is -0.0861. The first-order valence-corrected chi connectivity index (χ1v) is 6.67. The summed E-state index contributed by atoms with van der Waals surface area (Å²) < 4.78 is 57.4. The minimum atomic E-state index is -4.64. The van der Waals surface area contributed by atoms with Gasteiger partial charge in [-0.3, -0.25) is 4.79 Å². The fraction of sp³-hybridized carbons (Fsp3) is 0.333. The molecule has 0 fully saturated rings. The molecular formula is C15H14F4N2O2. The van der Waals surface area contributed by atoms with E-state index in [9.17, 15) is 22.4 Å². The normalized spacial score (nSPS) is 11.6. The molecule has 0 saturated carbocycles. The van der Waals surface area contributed by atoms with Gasteiger partial charge in [0.25, 0.3) is 0 Å². The molecule has 0 spiro atoms. The zero-order valence-electron chi connectivity index (χ0n) is 12.4. The van der Waals surface area contributed by atoms with E-state index in [1.54, 1.807) is 0 Å². The second-order valence-electron chi connectivity index (χ2n) is 4.80. The molecular weight excluding hydrogens is 316 g/mol. The number of hydrogen-bond acceptors (Lipinski definition) is 3. The zero-order valence-corrected chi connectivity index (χ0v) is 12.4. The number of carbonyl (C=O) groups excluding carboxylic acids is 1. The summed E-state index contributed by atoms with van der Waals surface area (Å²) in [6.07, 6.45) is -3.88. The van der Waals surface area contributed by atoms with E-state index in [1.165, 1.54) is 32.2 Å². The van der Waals surface area contributed by atoms with Crippen LogP contribution in [0.25, 0.3) is 11.4 Å². The van der Waals surface area contributed by atoms with Crippen LogP contribution in [0.15, 0.2) is 24.4 Å². The number of Topliss-reactive ketones (excluding diaryl/α,β-unsaturated/α-hetero) is 1. The molecule has 0 saturated heterocycles. The standard InChI is InChI=1S/C15H14F4N2O2/c1-9(22)10-3-4-11(12(7-10)23-2)14-20-13(15(17,18)19)8-21(14)6-5-16/h3-4,7-8H,5-6H2,1-2H3. The lowest BCUT2D eigenvalue weighted by molar-refractivity contribution is -0.140. The van der Waals surface area contributed by atoms with E-state index in [0.717, 1.165) is 10.8 Å². The molecule has 2 aromatic rings. The first kappa shape index (κ1) is 17.0. The van der Waals surface area contributed by atoms with Crippen LogP contribution in [0.1, 0.15) is 23.0 Å². The van der Waals surface area contributed by atoms with Crippen LogP contribution in [0.5, 0.6) is 5.75 Å². The van der Waals surface area contributed by atoms with Crippen molar-refractivity contribution < 1.29 is 27.1 Å². The van der Waals surface area contributed by atoms with Crippen LogP contribution in [0.4, 0.5) is 17.6 Å². The summed E-state index contributed by atoms with van der Waals surface area (Å²) >= 11 is 0. The van der Waals surface area contributed by atoms with Crippen molar-refractivity contribution in [3.63, 3.8) is 0 Å². The number of ketones is 1. The fourth-order valence-electron chi connectivity index (χ4n) is 2.12. The topological polar surface area (TPSA) is 44.1 Å². The molecule has 0 radical (unpaired) electrons. The van der Waals surface area contributed by atoms with Crippen molar-refractivity contribution in [2.75, 3.05) is 13.8 Å². The van der Waals surface area contributed by atoms with Gasteiger partial charge in [-0.15, -0.1) is 0 Å². The third-order valence-corrected chi connectivity index (χ3v) is 3.24. The van der Waals surface area contributed by atoms with Crippen LogP contribution >= 0.6 is 0 Å². The number of rotatable bonds is 5. The van der Waals surface area contributed by atoms with E-state index >= 15 is 0 Å². The maximum absolute atomic E-state index is 12.8. The highest BCUT2D eigenvalue weighted by atomic mass is 19.4. The van der Waals surface area contributed by atoms with Crippen molar-refractivity contribution in [1.82, 2.24) is 9.55 Å². The maximum atomic E-state index is 12.8. The first-order valence-electron chi connectivity index (χ1n) is 6.67. The molecule has 0 aliphatic carbocycles. The van der Waals surface area contributed by atoms with Gasteiger partial charge in [-0.2, -0.15) is 13.2 Å². The number of aryl methyl sites for hydroxylation is 1. The van der Waals surface area contributed by atoms with E-state index in [1.807, 2.05) is 0 Å². The molecule has 0 bridgehead atoms. The third-order valence-electron chi connectivity index (χ3n) is 3.24. The Balaban J connectivity index is 2.60. The van der Waals surface area contributed by atoms with E-state index in [-0.39, 0.29) is 29.5 Å². The van der Waals surface area contributed by atoms with Gasteiger partial charge in [-0.1, -0.05) is 6.07 Å². The second-order valence-corrected chi connectivity index (χ2v) is 4.80. The second kappa shape index (κ2) is 6.39. The highest BCUT2D eigenvalue weighted by molar-refractivity contribution is 5.95. The van der Waals surface area contributed by atoms with Gasteiger partial charge in [0.2, 0.25) is 0 Å². The summed E-state index contributed by atoms with van der Waals surface area (Å²) in [6.45, 7) is 0.255. The number of halogens is 4. The zero-order chi connectivity index (χ0) is 17.2. The van der Waals surface area contributed by atoms with Gasteiger partial charge in [0.15, 0.2) is 11.5 Å². The van der Waals surface area contributed by atoms with E-state index in [4.69, 9.17) is 4.74 Å². The van der Waals surface area contributed by atoms with Crippen molar-refractivity contribution in [3.05, 3.63) is 35.7 Å². The molecule has 124 valence electrons. The van der Waals surface area contributed by atoms with Crippen molar-refractivity contribution in [2.45, 2.75) is 19.6 Å². The Morgan fingerprint density at radius 3 is 2.57 bits per heavy atom. The maximum Gasteiger partial charge on any atom is 0.434 e. The van der Waals surface area contributed by atoms with Gasteiger partial charge in [-0.25, -0.2) is 9.37 Å². The van der Waals surface area contributed by atoms with Gasteiger partial charge in [-0.05, 0) is 19.1 Å². The monoisotopic (exact) mass is 330 g/mol. The minimum absolute atomic E-state index is 0.0677. The Kier molecular flexibility index (Phi) is 4.72. The SMILES string of the molecule is COc1cc(C(C)=O)ccc1-c1nc(C(F)(F)F)cn1CCF. The van der Waals surface area contributed by atoms with Crippen LogP contribution in [0.3, 0.4) is 0 Å². The summed E-state index contributed by atoms with van der Waals surface area (Å²) in [5.41, 5.74) is -0.509. The van der Waals surface area contributed by atoms with Crippen LogP contribution in [-0.4, -0.2) is 29.1 Å². The summed E-state index contributed by atoms with van der Waals surface area (Å²) in [6, 6.07) is 4.31. The van der Waals surface area contributed by atoms with Crippen molar-refractivity contribution in [3.8, 4) is 17.1 Å². The molecule has 0 N–H and O–H groups in total. The predicted molar refractivity (Wildman–Crippen MR) is 75.2 cm³/mol. The Bertz CT molecular complexity index is 723. The third kappa shape index (κ3) is 3.52. The van der Waals surface area contributed by atoms with Crippen molar-refractivity contribution in [2.24, 2.45) is 0 Å². The van der Waals surface area contributed by atoms with Crippen LogP contribution in [-0.2, 0) is 12.7 Å². The molecule has 2 rings (SSSR count). The van der Waals surface area contributed by atoms with Crippen molar-refractivity contribution in [1.29, 1.82) is 0 Å². The molecule has 1 heterocycles. The molecule has 1 aromatic heterocycles. The quantitative estimate of drug-likeness (QED) is 0.619. The summed E-state index contributed by atoms with van der Waals surface area (Å²) in [7, 11) is 1.33. The Labute approximate surface area is 129 Å². The Morgan fingerprint density at radius 2 is 2.04 bits per heavy atom. The molecule has 0 amide bonds. The number of imidazole rings is 1. The highest BCUT2D eigenvalue weighted by Gasteiger charge is 2.35. The van der Waals surface area contributed by atoms with E-state index in [2.05, 4.69) is 4.98 Å². The number of methoxy groups -OCH3 is 1. The summed E-state index contributed by atoms with van der Waals surface area (Å²) in [5, 5.41) is 0.